The molecule has 2 aromatic carbocycles. The van der Waals surface area contributed by atoms with Gasteiger partial charge in [-0.2, -0.15) is 0 Å². The average Bonchev–Trinajstić information content (AvgIpc) is 3.02. The largest absolute Gasteiger partial charge is 0.412 e. The Morgan fingerprint density at radius 2 is 0.933 bits per heavy atom. The minimum atomic E-state index is 0. The van der Waals surface area contributed by atoms with Crippen molar-refractivity contribution < 1.29 is 11.0 Å². The zero-order valence-electron chi connectivity index (χ0n) is 27.5. The molecular weight excluding hydrogens is 632 g/mol. The fourth-order valence-electron chi connectivity index (χ4n) is 5.90. The quantitative estimate of drug-likeness (QED) is 0.273. The van der Waals surface area contributed by atoms with E-state index in [0.29, 0.717) is 0 Å². The van der Waals surface area contributed by atoms with Crippen molar-refractivity contribution in [1.82, 2.24) is 41.7 Å². The second-order valence-electron chi connectivity index (χ2n) is 11.8. The van der Waals surface area contributed by atoms with E-state index < -0.39 is 0 Å². The average molecular weight is 696 g/mol. The number of hydrogen-bond donors (Lipinski definition) is 6. The van der Waals surface area contributed by atoms with Crippen molar-refractivity contribution in [3.63, 3.8) is 0 Å². The summed E-state index contributed by atoms with van der Waals surface area (Å²) < 4.78 is 0. The summed E-state index contributed by atoms with van der Waals surface area (Å²) in [5.41, 5.74) is 5.56. The van der Waals surface area contributed by atoms with Crippen LogP contribution in [-0.4, -0.2) is 125 Å². The third-order valence-electron chi connectivity index (χ3n) is 8.30. The molecule has 2 heterocycles. The first-order chi connectivity index (χ1) is 20.9. The predicted octanol–water partition coefficient (Wildman–Crippen LogP) is 1.01. The molecule has 258 valence electrons. The molecule has 0 amide bonds. The zero-order chi connectivity index (χ0) is 28.9. The number of hydrogen-bond acceptors (Lipinski definition) is 8. The molecule has 0 aromatic heterocycles. The highest BCUT2D eigenvalue weighted by Gasteiger charge is 2.14. The minimum Gasteiger partial charge on any atom is -0.412 e. The van der Waals surface area contributed by atoms with Crippen LogP contribution in [0.5, 0.6) is 0 Å². The fraction of sp³-hybridized carbons (Fsp3) is 0.647. The standard InChI is InChI=1S/C34H58N8.BrH.2H2O/c1-2-8-32(9-3-1)34-28-31(29-41-24-6-16-37-20-18-35-12-4-14-39-22-26-41)10-11-33(34)30-42-25-7-17-38-21-19-36-13-5-15-40-23-27-42;;;/h1-3,8-11,28,35-40H,4-7,12-27,29-30H2;1H;2*1H2. The summed E-state index contributed by atoms with van der Waals surface area (Å²) in [4.78, 5) is 5.29. The van der Waals surface area contributed by atoms with Crippen molar-refractivity contribution in [2.75, 3.05) is 105 Å². The topological polar surface area (TPSA) is 142 Å². The van der Waals surface area contributed by atoms with E-state index in [2.05, 4.69) is 90.2 Å². The Balaban J connectivity index is 0.00000337. The number of halogens is 1. The van der Waals surface area contributed by atoms with Gasteiger partial charge in [0.2, 0.25) is 0 Å². The maximum atomic E-state index is 3.67. The van der Waals surface area contributed by atoms with Crippen LogP contribution in [0.15, 0.2) is 48.5 Å². The van der Waals surface area contributed by atoms with Crippen LogP contribution in [0.3, 0.4) is 0 Å². The normalized spacial score (nSPS) is 19.8. The van der Waals surface area contributed by atoms with Gasteiger partial charge in [0.05, 0.1) is 0 Å². The van der Waals surface area contributed by atoms with Crippen molar-refractivity contribution in [2.45, 2.75) is 38.8 Å². The van der Waals surface area contributed by atoms with Crippen LogP contribution in [0.4, 0.5) is 0 Å². The highest BCUT2D eigenvalue weighted by atomic mass is 79.9. The number of rotatable bonds is 5. The summed E-state index contributed by atoms with van der Waals surface area (Å²) in [5.74, 6) is 0. The SMILES string of the molecule is Br.O.O.c1ccc(-c2cc(CN3CCCNCCNCCCNCC3)ccc2CN2CCCNCCNCCCNCC2)cc1. The van der Waals surface area contributed by atoms with E-state index in [1.165, 1.54) is 47.9 Å². The Morgan fingerprint density at radius 3 is 1.47 bits per heavy atom. The van der Waals surface area contributed by atoms with Crippen LogP contribution in [0.2, 0.25) is 0 Å². The van der Waals surface area contributed by atoms with E-state index in [0.717, 1.165) is 118 Å². The first-order valence-corrected chi connectivity index (χ1v) is 16.7. The molecule has 2 saturated heterocycles. The van der Waals surface area contributed by atoms with Crippen molar-refractivity contribution in [3.8, 4) is 11.1 Å². The summed E-state index contributed by atoms with van der Waals surface area (Å²) in [5, 5.41) is 21.6. The van der Waals surface area contributed by atoms with Gasteiger partial charge in [-0.1, -0.05) is 42.5 Å². The van der Waals surface area contributed by atoms with Crippen LogP contribution in [-0.2, 0) is 13.1 Å². The molecule has 2 aromatic rings. The monoisotopic (exact) mass is 694 g/mol. The van der Waals surface area contributed by atoms with Gasteiger partial charge >= 0.3 is 0 Å². The van der Waals surface area contributed by atoms with Crippen molar-refractivity contribution >= 4 is 17.0 Å². The molecule has 2 aliphatic heterocycles. The molecule has 10 N–H and O–H groups in total. The van der Waals surface area contributed by atoms with Crippen LogP contribution >= 0.6 is 17.0 Å². The Bertz CT molecular complexity index is 946. The van der Waals surface area contributed by atoms with Gasteiger partial charge in [-0.3, -0.25) is 9.80 Å². The molecule has 2 fully saturated rings. The van der Waals surface area contributed by atoms with Gasteiger partial charge in [-0.05, 0) is 106 Å². The number of benzene rings is 2. The van der Waals surface area contributed by atoms with E-state index in [4.69, 9.17) is 0 Å². The van der Waals surface area contributed by atoms with Crippen molar-refractivity contribution in [2.24, 2.45) is 0 Å². The maximum absolute atomic E-state index is 3.67. The molecule has 0 radical (unpaired) electrons. The van der Waals surface area contributed by atoms with Gasteiger partial charge in [0.1, 0.15) is 0 Å². The Labute approximate surface area is 283 Å². The lowest BCUT2D eigenvalue weighted by Gasteiger charge is -2.26. The first kappa shape index (κ1) is 41.5. The van der Waals surface area contributed by atoms with Gasteiger partial charge in [-0.25, -0.2) is 0 Å². The van der Waals surface area contributed by atoms with Gasteiger partial charge in [-0.15, -0.1) is 17.0 Å². The molecule has 0 saturated carbocycles. The number of nitrogens with one attached hydrogen (secondary N) is 6. The molecular formula is C34H63BrN8O2. The smallest absolute Gasteiger partial charge is 0.0240 e. The second kappa shape index (κ2) is 26.6. The molecule has 0 spiro atoms. The Morgan fingerprint density at radius 1 is 0.467 bits per heavy atom. The first-order valence-electron chi connectivity index (χ1n) is 16.7. The maximum Gasteiger partial charge on any atom is 0.0240 e. The summed E-state index contributed by atoms with van der Waals surface area (Å²) in [6.07, 6.45) is 4.72. The van der Waals surface area contributed by atoms with E-state index >= 15 is 0 Å². The molecule has 0 unspecified atom stereocenters. The molecule has 4 rings (SSSR count). The summed E-state index contributed by atoms with van der Waals surface area (Å²) in [6.45, 7) is 19.2. The molecule has 11 heteroatoms. The molecule has 2 aliphatic rings. The summed E-state index contributed by atoms with van der Waals surface area (Å²) in [6, 6.07) is 18.3. The third kappa shape index (κ3) is 17.3. The fourth-order valence-corrected chi connectivity index (χ4v) is 5.90. The van der Waals surface area contributed by atoms with Gasteiger partial charge in [0, 0.05) is 65.4 Å². The second-order valence-corrected chi connectivity index (χ2v) is 11.8. The molecule has 0 aliphatic carbocycles. The Kier molecular flexibility index (Phi) is 24.5. The van der Waals surface area contributed by atoms with Crippen LogP contribution in [0.25, 0.3) is 11.1 Å². The molecule has 45 heavy (non-hydrogen) atoms. The van der Waals surface area contributed by atoms with E-state index in [1.807, 2.05) is 0 Å². The molecule has 10 nitrogen and oxygen atoms in total. The van der Waals surface area contributed by atoms with Gasteiger partial charge in [0.25, 0.3) is 0 Å². The van der Waals surface area contributed by atoms with Crippen LogP contribution < -0.4 is 31.9 Å². The van der Waals surface area contributed by atoms with Crippen LogP contribution in [0.1, 0.15) is 36.8 Å². The van der Waals surface area contributed by atoms with Gasteiger partial charge in [0.15, 0.2) is 0 Å². The molecule has 0 bridgehead atoms. The van der Waals surface area contributed by atoms with E-state index in [9.17, 15) is 0 Å². The lowest BCUT2D eigenvalue weighted by molar-refractivity contribution is 0.258. The predicted molar refractivity (Wildman–Crippen MR) is 196 cm³/mol. The highest BCUT2D eigenvalue weighted by molar-refractivity contribution is 8.93. The Hall–Kier alpha value is -1.48. The van der Waals surface area contributed by atoms with Crippen LogP contribution in [0, 0.1) is 0 Å². The van der Waals surface area contributed by atoms with Crippen molar-refractivity contribution in [1.29, 1.82) is 0 Å². The van der Waals surface area contributed by atoms with Crippen molar-refractivity contribution in [3.05, 3.63) is 59.7 Å². The lowest BCUT2D eigenvalue weighted by Crippen LogP contribution is -2.37. The van der Waals surface area contributed by atoms with E-state index in [-0.39, 0.29) is 27.9 Å². The summed E-state index contributed by atoms with van der Waals surface area (Å²) >= 11 is 0. The zero-order valence-corrected chi connectivity index (χ0v) is 29.2. The lowest BCUT2D eigenvalue weighted by atomic mass is 9.96. The van der Waals surface area contributed by atoms with Gasteiger partial charge < -0.3 is 42.9 Å². The summed E-state index contributed by atoms with van der Waals surface area (Å²) in [7, 11) is 0. The highest BCUT2D eigenvalue weighted by Crippen LogP contribution is 2.27. The number of nitrogens with zero attached hydrogens (tertiary/aromatic N) is 2. The minimum absolute atomic E-state index is 0. The third-order valence-corrected chi connectivity index (χ3v) is 8.30. The molecule has 0 atom stereocenters. The van der Waals surface area contributed by atoms with E-state index in [1.54, 1.807) is 0 Å².